The summed E-state index contributed by atoms with van der Waals surface area (Å²) in [6.45, 7) is 1.32. The van der Waals surface area contributed by atoms with E-state index < -0.39 is 17.9 Å². The number of rotatable bonds is 5. The predicted molar refractivity (Wildman–Crippen MR) is 112 cm³/mol. The summed E-state index contributed by atoms with van der Waals surface area (Å²) in [5.41, 5.74) is 1.39. The Morgan fingerprint density at radius 3 is 2.88 bits per heavy atom. The second kappa shape index (κ2) is 8.58. The van der Waals surface area contributed by atoms with E-state index in [4.69, 9.17) is 9.47 Å². The first-order valence-corrected chi connectivity index (χ1v) is 10.6. The molecule has 0 saturated carbocycles. The molecule has 3 aliphatic heterocycles. The molecule has 0 aliphatic carbocycles. The lowest BCUT2D eigenvalue weighted by molar-refractivity contribution is -0.136. The Labute approximate surface area is 188 Å². The Morgan fingerprint density at radius 1 is 1.21 bits per heavy atom. The van der Waals surface area contributed by atoms with Gasteiger partial charge in [0.15, 0.2) is 0 Å². The third kappa shape index (κ3) is 4.27. The quantitative estimate of drug-likeness (QED) is 0.632. The van der Waals surface area contributed by atoms with E-state index in [-0.39, 0.29) is 43.3 Å². The predicted octanol–water partition coefficient (Wildman–Crippen LogP) is 0.658. The lowest BCUT2D eigenvalue weighted by atomic mass is 10.0. The maximum Gasteiger partial charge on any atom is 0.258 e. The minimum atomic E-state index is -0.707. The van der Waals surface area contributed by atoms with Gasteiger partial charge in [0.2, 0.25) is 23.6 Å². The molecular weight excluding hydrogens is 430 g/mol. The zero-order valence-corrected chi connectivity index (χ0v) is 17.6. The van der Waals surface area contributed by atoms with Crippen LogP contribution in [0.4, 0.5) is 5.95 Å². The van der Waals surface area contributed by atoms with Crippen molar-refractivity contribution >= 4 is 29.6 Å². The van der Waals surface area contributed by atoms with Gasteiger partial charge in [-0.25, -0.2) is 4.98 Å². The highest BCUT2D eigenvalue weighted by Gasteiger charge is 2.39. The highest BCUT2D eigenvalue weighted by atomic mass is 16.5. The maximum absolute atomic E-state index is 12.8. The van der Waals surface area contributed by atoms with E-state index in [9.17, 15) is 19.2 Å². The third-order valence-corrected chi connectivity index (χ3v) is 5.82. The zero-order valence-electron chi connectivity index (χ0n) is 17.6. The van der Waals surface area contributed by atoms with Gasteiger partial charge in [-0.2, -0.15) is 4.98 Å². The topological polar surface area (TPSA) is 140 Å². The summed E-state index contributed by atoms with van der Waals surface area (Å²) < 4.78 is 11.0. The number of nitrogens with zero attached hydrogens (tertiary/aromatic N) is 3. The van der Waals surface area contributed by atoms with Gasteiger partial charge in [0.05, 0.1) is 13.2 Å². The Balaban J connectivity index is 1.27. The van der Waals surface area contributed by atoms with Crippen molar-refractivity contribution in [2.75, 3.05) is 18.5 Å². The molecule has 33 heavy (non-hydrogen) atoms. The van der Waals surface area contributed by atoms with Crippen molar-refractivity contribution in [1.29, 1.82) is 0 Å². The molecule has 2 unspecified atom stereocenters. The molecule has 0 radical (unpaired) electrons. The van der Waals surface area contributed by atoms with Crippen LogP contribution in [0, 0.1) is 0 Å². The number of piperidine rings is 1. The molecule has 2 atom stereocenters. The third-order valence-electron chi connectivity index (χ3n) is 5.82. The van der Waals surface area contributed by atoms with Crippen molar-refractivity contribution in [3.63, 3.8) is 0 Å². The number of carbonyl (C=O) groups is 4. The van der Waals surface area contributed by atoms with Gasteiger partial charge < -0.3 is 14.4 Å². The second-order valence-corrected chi connectivity index (χ2v) is 8.05. The van der Waals surface area contributed by atoms with Gasteiger partial charge in [0.1, 0.15) is 12.1 Å². The number of hydrogen-bond acceptors (Lipinski definition) is 8. The lowest BCUT2D eigenvalue weighted by Gasteiger charge is -2.29. The normalized spacial score (nSPS) is 22.2. The summed E-state index contributed by atoms with van der Waals surface area (Å²) in [4.78, 5) is 58.9. The number of carbonyl (C=O) groups excluding carboxylic acids is 4. The largest absolute Gasteiger partial charge is 0.472 e. The van der Waals surface area contributed by atoms with Crippen molar-refractivity contribution in [2.45, 2.75) is 38.0 Å². The number of nitrogens with one attached hydrogen (secondary N) is 2. The molecule has 2 fully saturated rings. The van der Waals surface area contributed by atoms with E-state index in [1.165, 1.54) is 17.2 Å². The SMILES string of the molecule is O=C1CCC(N2Cc3cc(C(=O)Nc4nccc(OC5CCOC5)n4)ccc3C2=O)C(=O)N1. The number of benzene rings is 1. The van der Waals surface area contributed by atoms with Crippen LogP contribution in [0.25, 0.3) is 0 Å². The molecular formula is C22H21N5O6. The monoisotopic (exact) mass is 451 g/mol. The summed E-state index contributed by atoms with van der Waals surface area (Å²) >= 11 is 0. The molecule has 2 aromatic rings. The van der Waals surface area contributed by atoms with Gasteiger partial charge in [-0.3, -0.25) is 29.8 Å². The molecule has 3 aliphatic rings. The van der Waals surface area contributed by atoms with E-state index in [1.54, 1.807) is 18.2 Å². The minimum Gasteiger partial charge on any atom is -0.472 e. The van der Waals surface area contributed by atoms with Crippen LogP contribution in [-0.2, 0) is 20.9 Å². The number of amides is 4. The van der Waals surface area contributed by atoms with E-state index in [0.29, 0.717) is 35.8 Å². The fourth-order valence-corrected chi connectivity index (χ4v) is 4.13. The first-order chi connectivity index (χ1) is 16.0. The number of fused-ring (bicyclic) bond motifs is 1. The molecule has 5 rings (SSSR count). The van der Waals surface area contributed by atoms with Gasteiger partial charge in [0, 0.05) is 42.8 Å². The average Bonchev–Trinajstić information content (AvgIpc) is 3.41. The van der Waals surface area contributed by atoms with Gasteiger partial charge >= 0.3 is 0 Å². The van der Waals surface area contributed by atoms with Crippen molar-refractivity contribution in [2.24, 2.45) is 0 Å². The Bertz CT molecular complexity index is 1150. The van der Waals surface area contributed by atoms with Crippen molar-refractivity contribution in [1.82, 2.24) is 20.2 Å². The number of imide groups is 1. The molecule has 4 amide bonds. The smallest absolute Gasteiger partial charge is 0.258 e. The molecule has 1 aromatic heterocycles. The van der Waals surface area contributed by atoms with Crippen LogP contribution in [0.3, 0.4) is 0 Å². The van der Waals surface area contributed by atoms with E-state index >= 15 is 0 Å². The van der Waals surface area contributed by atoms with Gasteiger partial charge in [-0.05, 0) is 30.2 Å². The van der Waals surface area contributed by atoms with Crippen molar-refractivity contribution in [3.05, 3.63) is 47.2 Å². The average molecular weight is 451 g/mol. The molecule has 11 nitrogen and oxygen atoms in total. The zero-order chi connectivity index (χ0) is 22.9. The van der Waals surface area contributed by atoms with Gasteiger partial charge in [-0.1, -0.05) is 0 Å². The summed E-state index contributed by atoms with van der Waals surface area (Å²) in [6, 6.07) is 5.62. The van der Waals surface area contributed by atoms with Crippen LogP contribution in [0.15, 0.2) is 30.5 Å². The first kappa shape index (κ1) is 21.0. The summed E-state index contributed by atoms with van der Waals surface area (Å²) in [5.74, 6) is -1.11. The van der Waals surface area contributed by atoms with Crippen LogP contribution in [-0.4, -0.2) is 63.9 Å². The first-order valence-electron chi connectivity index (χ1n) is 10.6. The summed E-state index contributed by atoms with van der Waals surface area (Å²) in [7, 11) is 0. The highest BCUT2D eigenvalue weighted by Crippen LogP contribution is 2.28. The fourth-order valence-electron chi connectivity index (χ4n) is 4.13. The molecule has 1 aromatic carbocycles. The molecule has 2 saturated heterocycles. The van der Waals surface area contributed by atoms with E-state index in [1.807, 2.05) is 0 Å². The number of ether oxygens (including phenoxy) is 2. The standard InChI is InChI=1S/C22H21N5O6/c28-17-4-3-16(20(30)24-17)27-10-13-9-12(1-2-15(13)21(27)31)19(29)26-22-23-7-5-18(25-22)33-14-6-8-32-11-14/h1-2,5,7,9,14,16H,3-4,6,8,10-11H2,(H,24,28,30)(H,23,25,26,29). The molecule has 11 heteroatoms. The van der Waals surface area contributed by atoms with Gasteiger partial charge in [0.25, 0.3) is 11.8 Å². The van der Waals surface area contributed by atoms with E-state index in [0.717, 1.165) is 6.42 Å². The number of aromatic nitrogens is 2. The van der Waals surface area contributed by atoms with Crippen molar-refractivity contribution in [3.8, 4) is 5.88 Å². The Kier molecular flexibility index (Phi) is 5.47. The van der Waals surface area contributed by atoms with Crippen LogP contribution < -0.4 is 15.4 Å². The fraction of sp³-hybridized carbons (Fsp3) is 0.364. The lowest BCUT2D eigenvalue weighted by Crippen LogP contribution is -2.52. The van der Waals surface area contributed by atoms with Crippen LogP contribution in [0.2, 0.25) is 0 Å². The Hall–Kier alpha value is -3.86. The summed E-state index contributed by atoms with van der Waals surface area (Å²) in [6.07, 6.45) is 2.65. The minimum absolute atomic E-state index is 0.0787. The van der Waals surface area contributed by atoms with Crippen LogP contribution in [0.1, 0.15) is 45.5 Å². The van der Waals surface area contributed by atoms with Crippen LogP contribution >= 0.6 is 0 Å². The Morgan fingerprint density at radius 2 is 2.09 bits per heavy atom. The number of hydrogen-bond donors (Lipinski definition) is 2. The highest BCUT2D eigenvalue weighted by molar-refractivity contribution is 6.07. The van der Waals surface area contributed by atoms with Crippen molar-refractivity contribution < 1.29 is 28.7 Å². The molecule has 0 bridgehead atoms. The molecule has 2 N–H and O–H groups in total. The van der Waals surface area contributed by atoms with E-state index in [2.05, 4.69) is 20.6 Å². The molecule has 170 valence electrons. The summed E-state index contributed by atoms with van der Waals surface area (Å²) in [5, 5.41) is 4.91. The molecule has 0 spiro atoms. The second-order valence-electron chi connectivity index (χ2n) is 8.05. The molecule has 4 heterocycles. The van der Waals surface area contributed by atoms with Crippen LogP contribution in [0.5, 0.6) is 5.88 Å². The van der Waals surface area contributed by atoms with Gasteiger partial charge in [-0.15, -0.1) is 0 Å². The maximum atomic E-state index is 12.8. The number of anilines is 1.